The Hall–Kier alpha value is -2.18. The first-order valence-electron chi connectivity index (χ1n) is 5.95. The van der Waals surface area contributed by atoms with Crippen LogP contribution in [-0.2, 0) is 0 Å². The van der Waals surface area contributed by atoms with Gasteiger partial charge in [0.25, 0.3) is 5.91 Å². The Morgan fingerprint density at radius 1 is 1.38 bits per heavy atom. The van der Waals surface area contributed by atoms with Gasteiger partial charge in [-0.3, -0.25) is 9.78 Å². The largest absolute Gasteiger partial charge is 0.396 e. The molecule has 3 N–H and O–H groups in total. The minimum Gasteiger partial charge on any atom is -0.396 e. The first-order valence-corrected chi connectivity index (χ1v) is 7.14. The molecule has 0 spiro atoms. The Bertz CT molecular complexity index is 829. The van der Waals surface area contributed by atoms with Crippen LogP contribution < -0.4 is 11.1 Å². The molecule has 0 atom stereocenters. The normalized spacial score (nSPS) is 10.8. The number of carbonyl (C=O) groups is 1. The van der Waals surface area contributed by atoms with Gasteiger partial charge in [0.2, 0.25) is 0 Å². The zero-order valence-electron chi connectivity index (χ0n) is 10.6. The number of halogens is 2. The summed E-state index contributed by atoms with van der Waals surface area (Å²) in [6.45, 7) is 0. The second kappa shape index (κ2) is 5.31. The van der Waals surface area contributed by atoms with Crippen molar-refractivity contribution in [1.29, 1.82) is 0 Å². The minimum atomic E-state index is -0.524. The number of nitrogens with zero attached hydrogens (tertiary/aromatic N) is 1. The fourth-order valence-corrected chi connectivity index (χ4v) is 3.13. The summed E-state index contributed by atoms with van der Waals surface area (Å²) in [5.74, 6) is -0.944. The van der Waals surface area contributed by atoms with Crippen LogP contribution in [0.3, 0.4) is 0 Å². The third kappa shape index (κ3) is 2.68. The molecule has 4 nitrogen and oxygen atoms in total. The van der Waals surface area contributed by atoms with Crippen molar-refractivity contribution >= 4 is 50.4 Å². The van der Waals surface area contributed by atoms with Crippen LogP contribution in [0.5, 0.6) is 0 Å². The van der Waals surface area contributed by atoms with Crippen molar-refractivity contribution in [3.63, 3.8) is 0 Å². The predicted octanol–water partition coefficient (Wildman–Crippen LogP) is 3.92. The zero-order valence-corrected chi connectivity index (χ0v) is 12.1. The van der Waals surface area contributed by atoms with E-state index in [4.69, 9.17) is 17.3 Å². The fraction of sp³-hybridized carbons (Fsp3) is 0. The van der Waals surface area contributed by atoms with Gasteiger partial charge in [0.1, 0.15) is 16.2 Å². The maximum absolute atomic E-state index is 13.3. The number of fused-ring (bicyclic) bond motifs is 1. The number of nitrogens with one attached hydrogen (secondary N) is 1. The summed E-state index contributed by atoms with van der Waals surface area (Å²) in [6, 6.07) is 7.41. The van der Waals surface area contributed by atoms with Gasteiger partial charge in [-0.05, 0) is 30.3 Å². The number of rotatable bonds is 2. The van der Waals surface area contributed by atoms with Crippen LogP contribution in [0.4, 0.5) is 15.8 Å². The van der Waals surface area contributed by atoms with Gasteiger partial charge in [0.15, 0.2) is 0 Å². The Balaban J connectivity index is 1.95. The van der Waals surface area contributed by atoms with Gasteiger partial charge in [-0.15, -0.1) is 11.3 Å². The lowest BCUT2D eigenvalue weighted by molar-refractivity contribution is 0.103. The van der Waals surface area contributed by atoms with E-state index in [1.165, 1.54) is 23.5 Å². The highest BCUT2D eigenvalue weighted by Crippen LogP contribution is 2.32. The second-order valence-corrected chi connectivity index (χ2v) is 5.80. The number of pyridine rings is 1. The first kappa shape index (κ1) is 13.8. The van der Waals surface area contributed by atoms with Crippen LogP contribution >= 0.6 is 22.9 Å². The van der Waals surface area contributed by atoms with Crippen molar-refractivity contribution in [2.45, 2.75) is 0 Å². The Kier molecular flexibility index (Phi) is 3.48. The van der Waals surface area contributed by atoms with Crippen LogP contribution in [0.2, 0.25) is 5.02 Å². The van der Waals surface area contributed by atoms with E-state index in [0.29, 0.717) is 16.1 Å². The molecule has 7 heteroatoms. The maximum Gasteiger partial charge on any atom is 0.267 e. The van der Waals surface area contributed by atoms with Crippen molar-refractivity contribution < 1.29 is 9.18 Å². The van der Waals surface area contributed by atoms with E-state index in [0.717, 1.165) is 10.8 Å². The van der Waals surface area contributed by atoms with Crippen LogP contribution in [0.15, 0.2) is 36.5 Å². The van der Waals surface area contributed by atoms with Gasteiger partial charge < -0.3 is 11.1 Å². The number of aromatic nitrogens is 1. The molecule has 0 aliphatic carbocycles. The second-order valence-electron chi connectivity index (χ2n) is 4.31. The molecule has 3 aromatic rings. The summed E-state index contributed by atoms with van der Waals surface area (Å²) in [7, 11) is 0. The average molecular weight is 322 g/mol. The van der Waals surface area contributed by atoms with Crippen molar-refractivity contribution in [1.82, 2.24) is 4.98 Å². The number of carbonyl (C=O) groups excluding carboxylic acids is 1. The maximum atomic E-state index is 13.3. The molecular formula is C14H9ClFN3OS. The molecule has 0 radical (unpaired) electrons. The van der Waals surface area contributed by atoms with Crippen LogP contribution in [0.1, 0.15) is 9.67 Å². The highest BCUT2D eigenvalue weighted by atomic mass is 35.5. The van der Waals surface area contributed by atoms with Gasteiger partial charge >= 0.3 is 0 Å². The molecule has 0 aliphatic heterocycles. The summed E-state index contributed by atoms with van der Waals surface area (Å²) >= 11 is 6.99. The SMILES string of the molecule is Nc1c(C(=O)Nc2cc(F)cc(Cl)c2)sc2cccnc12. The lowest BCUT2D eigenvalue weighted by atomic mass is 10.3. The van der Waals surface area contributed by atoms with Crippen LogP contribution in [-0.4, -0.2) is 10.9 Å². The number of benzene rings is 1. The predicted molar refractivity (Wildman–Crippen MR) is 83.4 cm³/mol. The van der Waals surface area contributed by atoms with Crippen LogP contribution in [0.25, 0.3) is 10.2 Å². The number of nitrogen functional groups attached to an aromatic ring is 1. The molecule has 1 aromatic carbocycles. The molecular weight excluding hydrogens is 313 g/mol. The summed E-state index contributed by atoms with van der Waals surface area (Å²) in [4.78, 5) is 16.7. The molecule has 1 amide bonds. The molecule has 2 aromatic heterocycles. The molecule has 0 saturated heterocycles. The molecule has 21 heavy (non-hydrogen) atoms. The van der Waals surface area contributed by atoms with E-state index in [1.54, 1.807) is 12.3 Å². The third-order valence-corrected chi connectivity index (χ3v) is 4.19. The Morgan fingerprint density at radius 2 is 2.19 bits per heavy atom. The van der Waals surface area contributed by atoms with Crippen molar-refractivity contribution in [3.8, 4) is 0 Å². The Labute approximate surface area is 128 Å². The molecule has 0 saturated carbocycles. The first-order chi connectivity index (χ1) is 10.0. The van der Waals surface area contributed by atoms with E-state index < -0.39 is 11.7 Å². The van der Waals surface area contributed by atoms with E-state index in [9.17, 15) is 9.18 Å². The lowest BCUT2D eigenvalue weighted by Gasteiger charge is -2.05. The molecule has 106 valence electrons. The quantitative estimate of drug-likeness (QED) is 0.751. The van der Waals surface area contributed by atoms with Crippen molar-refractivity contribution in [2.24, 2.45) is 0 Å². The van der Waals surface area contributed by atoms with Crippen molar-refractivity contribution in [3.05, 3.63) is 52.2 Å². The van der Waals surface area contributed by atoms with E-state index in [1.807, 2.05) is 6.07 Å². The third-order valence-electron chi connectivity index (χ3n) is 2.81. The van der Waals surface area contributed by atoms with Crippen LogP contribution in [0, 0.1) is 5.82 Å². The van der Waals surface area contributed by atoms with Gasteiger partial charge in [-0.25, -0.2) is 4.39 Å². The fourth-order valence-electron chi connectivity index (χ4n) is 1.93. The molecule has 0 bridgehead atoms. The van der Waals surface area contributed by atoms with E-state index in [2.05, 4.69) is 10.3 Å². The van der Waals surface area contributed by atoms with Gasteiger partial charge in [0.05, 0.1) is 10.4 Å². The molecule has 0 fully saturated rings. The van der Waals surface area contributed by atoms with Gasteiger partial charge in [-0.2, -0.15) is 0 Å². The topological polar surface area (TPSA) is 68.0 Å². The summed E-state index contributed by atoms with van der Waals surface area (Å²) in [5.41, 5.74) is 7.12. The number of hydrogen-bond donors (Lipinski definition) is 2. The van der Waals surface area contributed by atoms with E-state index >= 15 is 0 Å². The monoisotopic (exact) mass is 321 g/mol. The average Bonchev–Trinajstić information content (AvgIpc) is 2.76. The zero-order chi connectivity index (χ0) is 15.0. The van der Waals surface area contributed by atoms with Gasteiger partial charge in [-0.1, -0.05) is 11.6 Å². The van der Waals surface area contributed by atoms with Gasteiger partial charge in [0, 0.05) is 16.9 Å². The lowest BCUT2D eigenvalue weighted by Crippen LogP contribution is -2.12. The van der Waals surface area contributed by atoms with E-state index in [-0.39, 0.29) is 10.7 Å². The number of hydrogen-bond acceptors (Lipinski definition) is 4. The molecule has 0 aliphatic rings. The number of nitrogens with two attached hydrogens (primary N) is 1. The number of amides is 1. The minimum absolute atomic E-state index is 0.205. The van der Waals surface area contributed by atoms with Crippen molar-refractivity contribution in [2.75, 3.05) is 11.1 Å². The summed E-state index contributed by atoms with van der Waals surface area (Å²) in [6.07, 6.45) is 1.61. The summed E-state index contributed by atoms with van der Waals surface area (Å²) < 4.78 is 14.1. The molecule has 3 rings (SSSR count). The Morgan fingerprint density at radius 3 is 2.90 bits per heavy atom. The molecule has 2 heterocycles. The highest BCUT2D eigenvalue weighted by Gasteiger charge is 2.17. The standard InChI is InChI=1S/C14H9ClFN3OS/c15-7-4-8(16)6-9(5-7)19-14(20)13-11(17)12-10(21-13)2-1-3-18-12/h1-6H,17H2,(H,19,20). The number of thiophene rings is 1. The summed E-state index contributed by atoms with van der Waals surface area (Å²) in [5, 5.41) is 2.79. The highest BCUT2D eigenvalue weighted by molar-refractivity contribution is 7.21. The number of anilines is 2. The molecule has 0 unspecified atom stereocenters. The smallest absolute Gasteiger partial charge is 0.267 e.